The fourth-order valence-corrected chi connectivity index (χ4v) is 2.35. The molecular weight excluding hydrogens is 312 g/mol. The molecule has 1 aromatic carbocycles. The fourth-order valence-electron chi connectivity index (χ4n) is 2.35. The average Bonchev–Trinajstić information content (AvgIpc) is 2.63. The maximum atomic E-state index is 10.8. The van der Waals surface area contributed by atoms with Crippen LogP contribution in [0.2, 0.25) is 0 Å². The van der Waals surface area contributed by atoms with Crippen LogP contribution in [0.4, 0.5) is 5.69 Å². The number of nitrogens with zero attached hydrogens (tertiary/aromatic N) is 1. The first-order chi connectivity index (χ1) is 11.9. The van der Waals surface area contributed by atoms with Gasteiger partial charge in [0.25, 0.3) is 0 Å². The highest BCUT2D eigenvalue weighted by molar-refractivity contribution is 5.53. The minimum Gasteiger partial charge on any atom is -0.495 e. The number of rotatable bonds is 4. The van der Waals surface area contributed by atoms with Crippen molar-refractivity contribution in [1.29, 1.82) is 0 Å². The van der Waals surface area contributed by atoms with Crippen LogP contribution >= 0.6 is 0 Å². The predicted molar refractivity (Wildman–Crippen MR) is 109 cm³/mol. The molecule has 0 saturated carbocycles. The van der Waals surface area contributed by atoms with Gasteiger partial charge in [0.05, 0.1) is 7.11 Å². The Labute approximate surface area is 152 Å². The minimum absolute atomic E-state index is 0.0809. The first kappa shape index (κ1) is 22.8. The molecule has 0 saturated heterocycles. The second-order valence-corrected chi connectivity index (χ2v) is 5.85. The molecule has 0 unspecified atom stereocenters. The lowest BCUT2D eigenvalue weighted by Crippen LogP contribution is -2.11. The Morgan fingerprint density at radius 3 is 2.20 bits per heavy atom. The smallest absolute Gasteiger partial charge is 0.248 e. The maximum Gasteiger partial charge on any atom is 0.248 e. The van der Waals surface area contributed by atoms with Crippen molar-refractivity contribution < 1.29 is 4.74 Å². The Hall–Kier alpha value is -2.23. The van der Waals surface area contributed by atoms with Gasteiger partial charge in [-0.05, 0) is 24.0 Å². The van der Waals surface area contributed by atoms with E-state index in [1.54, 1.807) is 19.4 Å². The number of hydrogen-bond donors (Lipinski definition) is 1. The van der Waals surface area contributed by atoms with Crippen molar-refractivity contribution in [3.05, 3.63) is 58.0 Å². The molecule has 2 rings (SSSR count). The summed E-state index contributed by atoms with van der Waals surface area (Å²) in [5.41, 5.74) is 3.61. The van der Waals surface area contributed by atoms with Gasteiger partial charge in [-0.1, -0.05) is 52.8 Å². The van der Waals surface area contributed by atoms with Crippen LogP contribution in [0.25, 0.3) is 0 Å². The number of aromatic nitrogens is 1. The molecule has 1 heterocycles. The monoisotopic (exact) mass is 346 g/mol. The number of methoxy groups -OCH3 is 1. The van der Waals surface area contributed by atoms with E-state index in [1.807, 2.05) is 20.8 Å². The number of anilines is 1. The van der Waals surface area contributed by atoms with Crippen molar-refractivity contribution in [1.82, 2.24) is 4.98 Å². The van der Waals surface area contributed by atoms with Crippen molar-refractivity contribution in [2.45, 2.75) is 47.0 Å². The topological polar surface area (TPSA) is 45.3 Å². The van der Waals surface area contributed by atoms with E-state index < -0.39 is 0 Å². The molecule has 0 aliphatic rings. The van der Waals surface area contributed by atoms with E-state index in [0.29, 0.717) is 5.92 Å². The molecule has 0 atom stereocenters. The zero-order chi connectivity index (χ0) is 19.4. The van der Waals surface area contributed by atoms with E-state index in [-0.39, 0.29) is 5.56 Å². The molecule has 0 amide bonds. The van der Waals surface area contributed by atoms with Gasteiger partial charge >= 0.3 is 0 Å². The number of benzene rings is 1. The molecule has 25 heavy (non-hydrogen) atoms. The molecular formula is C21H34N2O2. The number of para-hydroxylation sites is 1. The second-order valence-electron chi connectivity index (χ2n) is 5.85. The Balaban J connectivity index is 0.000000421. The van der Waals surface area contributed by atoms with Gasteiger partial charge in [-0.2, -0.15) is 0 Å². The number of hydrogen-bond acceptors (Lipinski definition) is 3. The Morgan fingerprint density at radius 1 is 1.16 bits per heavy atom. The van der Waals surface area contributed by atoms with Crippen molar-refractivity contribution in [3.63, 3.8) is 0 Å². The SMILES string of the molecule is CC.CC(C)c1ccccc1N(C)C.CCc1cc(=O)[nH]cc1OC. The highest BCUT2D eigenvalue weighted by Crippen LogP contribution is 2.25. The van der Waals surface area contributed by atoms with E-state index in [0.717, 1.165) is 17.7 Å². The van der Waals surface area contributed by atoms with Crippen LogP contribution in [0.15, 0.2) is 41.3 Å². The predicted octanol–water partition coefficient (Wildman–Crippen LogP) is 4.85. The lowest BCUT2D eigenvalue weighted by Gasteiger charge is -2.19. The number of aryl methyl sites for hydroxylation is 1. The van der Waals surface area contributed by atoms with Crippen LogP contribution < -0.4 is 15.2 Å². The summed E-state index contributed by atoms with van der Waals surface area (Å²) >= 11 is 0. The standard InChI is InChI=1S/C11H17N.C8H11NO2.C2H6/c1-9(2)10-7-5-6-8-11(10)12(3)4;1-3-6-4-8(10)9-5-7(6)11-2;1-2/h5-9H,1-4H3;4-5H,3H2,1-2H3,(H,9,10);1-2H3. The molecule has 0 aliphatic heterocycles. The summed E-state index contributed by atoms with van der Waals surface area (Å²) < 4.78 is 5.02. The van der Waals surface area contributed by atoms with E-state index >= 15 is 0 Å². The fraction of sp³-hybridized carbons (Fsp3) is 0.476. The van der Waals surface area contributed by atoms with E-state index in [2.05, 4.69) is 62.1 Å². The number of ether oxygens (including phenoxy) is 1. The summed E-state index contributed by atoms with van der Waals surface area (Å²) in [6, 6.07) is 10.1. The largest absolute Gasteiger partial charge is 0.495 e. The molecule has 2 aromatic rings. The lowest BCUT2D eigenvalue weighted by molar-refractivity contribution is 0.408. The second kappa shape index (κ2) is 12.2. The Morgan fingerprint density at radius 2 is 1.76 bits per heavy atom. The average molecular weight is 347 g/mol. The van der Waals surface area contributed by atoms with Gasteiger partial charge in [0.1, 0.15) is 5.75 Å². The van der Waals surface area contributed by atoms with Gasteiger partial charge in [0.15, 0.2) is 0 Å². The summed E-state index contributed by atoms with van der Waals surface area (Å²) in [5, 5.41) is 0. The quantitative estimate of drug-likeness (QED) is 0.861. The van der Waals surface area contributed by atoms with Crippen molar-refractivity contribution >= 4 is 5.69 Å². The van der Waals surface area contributed by atoms with E-state index in [4.69, 9.17) is 4.74 Å². The molecule has 140 valence electrons. The minimum atomic E-state index is -0.0809. The van der Waals surface area contributed by atoms with Crippen molar-refractivity contribution in [3.8, 4) is 5.75 Å². The van der Waals surface area contributed by atoms with E-state index in [1.165, 1.54) is 11.3 Å². The molecule has 4 heteroatoms. The van der Waals surface area contributed by atoms with Crippen LogP contribution in [0.5, 0.6) is 5.75 Å². The third-order valence-electron chi connectivity index (χ3n) is 3.61. The summed E-state index contributed by atoms with van der Waals surface area (Å²) in [7, 11) is 5.76. The van der Waals surface area contributed by atoms with Crippen LogP contribution in [-0.2, 0) is 6.42 Å². The van der Waals surface area contributed by atoms with Crippen LogP contribution in [-0.4, -0.2) is 26.2 Å². The Kier molecular flexibility index (Phi) is 11.1. The molecule has 0 spiro atoms. The summed E-state index contributed by atoms with van der Waals surface area (Å²) in [4.78, 5) is 15.5. The van der Waals surface area contributed by atoms with Crippen LogP contribution in [0.1, 0.15) is 51.7 Å². The van der Waals surface area contributed by atoms with E-state index in [9.17, 15) is 4.79 Å². The molecule has 0 aliphatic carbocycles. The first-order valence-electron chi connectivity index (χ1n) is 8.92. The zero-order valence-electron chi connectivity index (χ0n) is 17.0. The number of H-pyrrole nitrogens is 1. The molecule has 4 nitrogen and oxygen atoms in total. The lowest BCUT2D eigenvalue weighted by atomic mass is 10.0. The van der Waals surface area contributed by atoms with Gasteiger partial charge in [0.2, 0.25) is 5.56 Å². The third-order valence-corrected chi connectivity index (χ3v) is 3.61. The summed E-state index contributed by atoms with van der Waals surface area (Å²) in [6.07, 6.45) is 2.40. The molecule has 0 fully saturated rings. The van der Waals surface area contributed by atoms with Crippen molar-refractivity contribution in [2.24, 2.45) is 0 Å². The third kappa shape index (κ3) is 7.46. The number of pyridine rings is 1. The Bertz CT molecular complexity index is 634. The van der Waals surface area contributed by atoms with Crippen molar-refractivity contribution in [2.75, 3.05) is 26.1 Å². The number of nitrogens with one attached hydrogen (secondary N) is 1. The highest BCUT2D eigenvalue weighted by atomic mass is 16.5. The molecule has 0 radical (unpaired) electrons. The number of aromatic amines is 1. The molecule has 1 aromatic heterocycles. The highest BCUT2D eigenvalue weighted by Gasteiger charge is 2.05. The van der Waals surface area contributed by atoms with Gasteiger partial charge in [-0.3, -0.25) is 4.79 Å². The van der Waals surface area contributed by atoms with Crippen LogP contribution in [0.3, 0.4) is 0 Å². The van der Waals surface area contributed by atoms with Gasteiger partial charge in [-0.15, -0.1) is 0 Å². The molecule has 0 bridgehead atoms. The normalized spacial score (nSPS) is 9.48. The maximum absolute atomic E-state index is 10.8. The molecule has 1 N–H and O–H groups in total. The summed E-state index contributed by atoms with van der Waals surface area (Å²) in [6.45, 7) is 10.4. The first-order valence-corrected chi connectivity index (χ1v) is 8.92. The zero-order valence-corrected chi connectivity index (χ0v) is 17.0. The van der Waals surface area contributed by atoms with Gasteiger partial charge < -0.3 is 14.6 Å². The van der Waals surface area contributed by atoms with Crippen LogP contribution in [0, 0.1) is 0 Å². The van der Waals surface area contributed by atoms with Gasteiger partial charge in [-0.25, -0.2) is 0 Å². The summed E-state index contributed by atoms with van der Waals surface area (Å²) in [5.74, 6) is 1.34. The van der Waals surface area contributed by atoms with Gasteiger partial charge in [0, 0.05) is 37.6 Å².